The van der Waals surface area contributed by atoms with Crippen molar-refractivity contribution in [2.45, 2.75) is 6.42 Å². The fourth-order valence-electron chi connectivity index (χ4n) is 2.31. The molecule has 2 aromatic carbocycles. The molecule has 0 radical (unpaired) electrons. The molecule has 2 amide bonds. The van der Waals surface area contributed by atoms with E-state index in [-0.39, 0.29) is 12.3 Å². The highest BCUT2D eigenvalue weighted by Gasteiger charge is 2.11. The first-order valence-electron chi connectivity index (χ1n) is 8.91. The van der Waals surface area contributed by atoms with Gasteiger partial charge in [-0.1, -0.05) is 42.5 Å². The Labute approximate surface area is 164 Å². The number of carbonyl (C=O) groups is 2. The summed E-state index contributed by atoms with van der Waals surface area (Å²) < 4.78 is 5.12. The lowest BCUT2D eigenvalue weighted by atomic mass is 10.1. The number of nitrogens with one attached hydrogen (secondary N) is 2. The van der Waals surface area contributed by atoms with Gasteiger partial charge in [0.1, 0.15) is 11.4 Å². The minimum atomic E-state index is -0.425. The summed E-state index contributed by atoms with van der Waals surface area (Å²) in [4.78, 5) is 24.7. The molecule has 6 nitrogen and oxygen atoms in total. The third-order valence-corrected chi connectivity index (χ3v) is 3.78. The van der Waals surface area contributed by atoms with Crippen LogP contribution in [0.5, 0.6) is 5.75 Å². The normalized spacial score (nSPS) is 11.3. The second-order valence-corrected chi connectivity index (χ2v) is 5.90. The van der Waals surface area contributed by atoms with Crippen LogP contribution in [-0.2, 0) is 9.59 Å². The van der Waals surface area contributed by atoms with Gasteiger partial charge in [0.25, 0.3) is 5.91 Å². The quantitative estimate of drug-likeness (QED) is 0.460. The molecule has 0 fully saturated rings. The molecule has 0 spiro atoms. The number of benzene rings is 2. The molecule has 28 heavy (non-hydrogen) atoms. The number of ether oxygens (including phenoxy) is 1. The molecule has 0 aliphatic heterocycles. The maximum Gasteiger partial charge on any atom is 0.267 e. The summed E-state index contributed by atoms with van der Waals surface area (Å²) in [6, 6.07) is 16.5. The second kappa shape index (κ2) is 11.4. The summed E-state index contributed by atoms with van der Waals surface area (Å²) in [7, 11) is 1.57. The average Bonchev–Trinajstić information content (AvgIpc) is 2.73. The summed E-state index contributed by atoms with van der Waals surface area (Å²) in [6.07, 6.45) is 5.06. The van der Waals surface area contributed by atoms with Crippen molar-refractivity contribution in [3.8, 4) is 5.75 Å². The van der Waals surface area contributed by atoms with Crippen molar-refractivity contribution >= 4 is 24.0 Å². The number of hydrogen-bond acceptors (Lipinski definition) is 4. The maximum atomic E-state index is 12.4. The molecule has 0 saturated heterocycles. The molecule has 0 bridgehead atoms. The van der Waals surface area contributed by atoms with E-state index in [2.05, 4.69) is 10.6 Å². The summed E-state index contributed by atoms with van der Waals surface area (Å²) in [6.45, 7) is 0.287. The second-order valence-electron chi connectivity index (χ2n) is 5.90. The molecular formula is C22H24N2O4. The molecule has 0 heterocycles. The van der Waals surface area contributed by atoms with Crippen LogP contribution in [0.15, 0.2) is 66.4 Å². The van der Waals surface area contributed by atoms with E-state index >= 15 is 0 Å². The van der Waals surface area contributed by atoms with Gasteiger partial charge in [-0.2, -0.15) is 0 Å². The van der Waals surface area contributed by atoms with E-state index in [0.29, 0.717) is 18.7 Å². The Morgan fingerprint density at radius 3 is 2.39 bits per heavy atom. The van der Waals surface area contributed by atoms with Crippen molar-refractivity contribution in [3.05, 3.63) is 77.5 Å². The zero-order valence-electron chi connectivity index (χ0n) is 15.7. The molecule has 0 saturated carbocycles. The average molecular weight is 380 g/mol. The van der Waals surface area contributed by atoms with Crippen LogP contribution in [0.1, 0.15) is 17.5 Å². The minimum absolute atomic E-state index is 0.0238. The number of amides is 2. The van der Waals surface area contributed by atoms with E-state index in [4.69, 9.17) is 9.84 Å². The summed E-state index contributed by atoms with van der Waals surface area (Å²) in [5.41, 5.74) is 1.73. The number of hydrogen-bond donors (Lipinski definition) is 3. The molecule has 6 heteroatoms. The van der Waals surface area contributed by atoms with Crippen LogP contribution in [-0.4, -0.2) is 37.2 Å². The zero-order valence-corrected chi connectivity index (χ0v) is 15.7. The number of methoxy groups -OCH3 is 1. The monoisotopic (exact) mass is 380 g/mol. The Morgan fingerprint density at radius 2 is 1.75 bits per heavy atom. The van der Waals surface area contributed by atoms with Crippen LogP contribution >= 0.6 is 0 Å². The number of aliphatic hydroxyl groups is 1. The SMILES string of the molecule is COc1ccc(/C=C(\NC(=O)/C=C/c2ccccc2)C(=O)NCCCO)cc1. The standard InChI is InChI=1S/C22H24N2O4/c1-28-19-11-8-18(9-12-19)16-20(22(27)23-14-5-15-25)24-21(26)13-10-17-6-3-2-4-7-17/h2-4,6-13,16,25H,5,14-15H2,1H3,(H,23,27)(H,24,26)/b13-10+,20-16-. The Balaban J connectivity index is 2.14. The third-order valence-electron chi connectivity index (χ3n) is 3.78. The zero-order chi connectivity index (χ0) is 20.2. The van der Waals surface area contributed by atoms with Crippen LogP contribution in [0, 0.1) is 0 Å². The Bertz CT molecular complexity index is 827. The van der Waals surface area contributed by atoms with Crippen molar-refractivity contribution < 1.29 is 19.4 Å². The molecule has 0 aliphatic rings. The van der Waals surface area contributed by atoms with Gasteiger partial charge in [-0.05, 0) is 41.8 Å². The smallest absolute Gasteiger partial charge is 0.267 e. The van der Waals surface area contributed by atoms with Gasteiger partial charge in [0.15, 0.2) is 0 Å². The molecule has 0 aliphatic carbocycles. The van der Waals surface area contributed by atoms with E-state index < -0.39 is 11.8 Å². The summed E-state index contributed by atoms with van der Waals surface area (Å²) in [5.74, 6) is -0.146. The number of rotatable bonds is 9. The van der Waals surface area contributed by atoms with Gasteiger partial charge in [-0.25, -0.2) is 0 Å². The van der Waals surface area contributed by atoms with Gasteiger partial charge in [0.2, 0.25) is 5.91 Å². The van der Waals surface area contributed by atoms with Crippen LogP contribution in [0.4, 0.5) is 0 Å². The van der Waals surface area contributed by atoms with Crippen LogP contribution in [0.2, 0.25) is 0 Å². The van der Waals surface area contributed by atoms with Crippen molar-refractivity contribution in [3.63, 3.8) is 0 Å². The van der Waals surface area contributed by atoms with Crippen LogP contribution in [0.3, 0.4) is 0 Å². The van der Waals surface area contributed by atoms with Gasteiger partial charge in [-0.15, -0.1) is 0 Å². The number of aliphatic hydroxyl groups excluding tert-OH is 1. The molecule has 0 atom stereocenters. The molecular weight excluding hydrogens is 356 g/mol. The molecule has 0 aromatic heterocycles. The lowest BCUT2D eigenvalue weighted by molar-refractivity contribution is -0.121. The largest absolute Gasteiger partial charge is 0.497 e. The van der Waals surface area contributed by atoms with Crippen LogP contribution in [0.25, 0.3) is 12.2 Å². The van der Waals surface area contributed by atoms with E-state index in [1.807, 2.05) is 30.3 Å². The first-order valence-corrected chi connectivity index (χ1v) is 8.91. The topological polar surface area (TPSA) is 87.7 Å². The van der Waals surface area contributed by atoms with E-state index in [1.165, 1.54) is 6.08 Å². The molecule has 2 aromatic rings. The van der Waals surface area contributed by atoms with E-state index in [1.54, 1.807) is 43.5 Å². The fraction of sp³-hybridized carbons (Fsp3) is 0.182. The van der Waals surface area contributed by atoms with Crippen molar-refractivity contribution in [1.29, 1.82) is 0 Å². The van der Waals surface area contributed by atoms with Gasteiger partial charge in [-0.3, -0.25) is 9.59 Å². The summed E-state index contributed by atoms with van der Waals surface area (Å²) in [5, 5.41) is 14.2. The molecule has 3 N–H and O–H groups in total. The van der Waals surface area contributed by atoms with E-state index in [9.17, 15) is 9.59 Å². The van der Waals surface area contributed by atoms with Gasteiger partial charge >= 0.3 is 0 Å². The van der Waals surface area contributed by atoms with Crippen molar-refractivity contribution in [1.82, 2.24) is 10.6 Å². The predicted octanol–water partition coefficient (Wildman–Crippen LogP) is 2.36. The fourth-order valence-corrected chi connectivity index (χ4v) is 2.31. The third kappa shape index (κ3) is 7.09. The highest BCUT2D eigenvalue weighted by molar-refractivity contribution is 6.04. The lowest BCUT2D eigenvalue weighted by Gasteiger charge is -2.10. The first kappa shape index (κ1) is 20.9. The Hall–Kier alpha value is -3.38. The summed E-state index contributed by atoms with van der Waals surface area (Å²) >= 11 is 0. The highest BCUT2D eigenvalue weighted by Crippen LogP contribution is 2.13. The van der Waals surface area contributed by atoms with Crippen LogP contribution < -0.4 is 15.4 Å². The highest BCUT2D eigenvalue weighted by atomic mass is 16.5. The van der Waals surface area contributed by atoms with Crippen molar-refractivity contribution in [2.24, 2.45) is 0 Å². The Morgan fingerprint density at radius 1 is 1.04 bits per heavy atom. The molecule has 146 valence electrons. The molecule has 0 unspecified atom stereocenters. The predicted molar refractivity (Wildman–Crippen MR) is 109 cm³/mol. The van der Waals surface area contributed by atoms with Crippen molar-refractivity contribution in [2.75, 3.05) is 20.3 Å². The Kier molecular flexibility index (Phi) is 8.49. The minimum Gasteiger partial charge on any atom is -0.497 e. The van der Waals surface area contributed by atoms with E-state index in [0.717, 1.165) is 11.1 Å². The lowest BCUT2D eigenvalue weighted by Crippen LogP contribution is -2.34. The molecule has 2 rings (SSSR count). The maximum absolute atomic E-state index is 12.4. The van der Waals surface area contributed by atoms with Gasteiger partial charge in [0.05, 0.1) is 7.11 Å². The van der Waals surface area contributed by atoms with Gasteiger partial charge < -0.3 is 20.5 Å². The van der Waals surface area contributed by atoms with Gasteiger partial charge in [0, 0.05) is 19.2 Å². The first-order chi connectivity index (χ1) is 13.6. The number of carbonyl (C=O) groups excluding carboxylic acids is 2.